The molecule has 0 radical (unpaired) electrons. The predicted molar refractivity (Wildman–Crippen MR) is 77.6 cm³/mol. The van der Waals surface area contributed by atoms with Gasteiger partial charge in [-0.25, -0.2) is 4.39 Å². The van der Waals surface area contributed by atoms with Crippen LogP contribution in [0.15, 0.2) is 24.3 Å². The van der Waals surface area contributed by atoms with Crippen LogP contribution in [0.3, 0.4) is 0 Å². The standard InChI is InChI=1S/C16H26FNO/c1-3-5-10-15(7-4-2)18-12-16(19)13-8-6-9-14(17)11-13/h6,8-9,11,15-16,18-19H,3-5,7,10,12H2,1-2H3. The van der Waals surface area contributed by atoms with Crippen LogP contribution in [0.2, 0.25) is 0 Å². The molecule has 0 aromatic heterocycles. The first-order valence-corrected chi connectivity index (χ1v) is 7.34. The highest BCUT2D eigenvalue weighted by Gasteiger charge is 2.12. The van der Waals surface area contributed by atoms with Crippen LogP contribution in [0.1, 0.15) is 57.6 Å². The van der Waals surface area contributed by atoms with Gasteiger partial charge >= 0.3 is 0 Å². The number of rotatable bonds is 9. The topological polar surface area (TPSA) is 32.3 Å². The van der Waals surface area contributed by atoms with E-state index in [1.165, 1.54) is 25.0 Å². The second-order valence-electron chi connectivity index (χ2n) is 5.11. The van der Waals surface area contributed by atoms with E-state index in [0.29, 0.717) is 18.2 Å². The molecule has 3 heteroatoms. The number of aliphatic hydroxyl groups is 1. The molecule has 0 bridgehead atoms. The van der Waals surface area contributed by atoms with Crippen molar-refractivity contribution in [1.82, 2.24) is 5.32 Å². The predicted octanol–water partition coefficient (Wildman–Crippen LogP) is 3.81. The lowest BCUT2D eigenvalue weighted by Crippen LogP contribution is -2.32. The highest BCUT2D eigenvalue weighted by atomic mass is 19.1. The second kappa shape index (κ2) is 9.05. The molecule has 108 valence electrons. The Kier molecular flexibility index (Phi) is 7.68. The monoisotopic (exact) mass is 267 g/mol. The van der Waals surface area contributed by atoms with Crippen LogP contribution in [0.25, 0.3) is 0 Å². The first-order valence-electron chi connectivity index (χ1n) is 7.34. The van der Waals surface area contributed by atoms with Gasteiger partial charge < -0.3 is 10.4 Å². The Morgan fingerprint density at radius 2 is 2.00 bits per heavy atom. The third-order valence-electron chi connectivity index (χ3n) is 3.38. The van der Waals surface area contributed by atoms with Crippen molar-refractivity contribution in [2.75, 3.05) is 6.54 Å². The Bertz CT molecular complexity index is 356. The van der Waals surface area contributed by atoms with Gasteiger partial charge in [0.05, 0.1) is 6.10 Å². The molecule has 0 heterocycles. The fraction of sp³-hybridized carbons (Fsp3) is 0.625. The molecule has 2 unspecified atom stereocenters. The van der Waals surface area contributed by atoms with Crippen molar-refractivity contribution in [3.8, 4) is 0 Å². The highest BCUT2D eigenvalue weighted by molar-refractivity contribution is 5.18. The van der Waals surface area contributed by atoms with Crippen LogP contribution in [0, 0.1) is 5.82 Å². The molecule has 0 aliphatic carbocycles. The van der Waals surface area contributed by atoms with Gasteiger partial charge in [0.25, 0.3) is 0 Å². The minimum Gasteiger partial charge on any atom is -0.387 e. The Balaban J connectivity index is 2.44. The summed E-state index contributed by atoms with van der Waals surface area (Å²) in [5.74, 6) is -0.298. The molecule has 0 aliphatic heterocycles. The Morgan fingerprint density at radius 3 is 2.63 bits per heavy atom. The Labute approximate surface area is 116 Å². The summed E-state index contributed by atoms with van der Waals surface area (Å²) in [6.07, 6.45) is 5.15. The summed E-state index contributed by atoms with van der Waals surface area (Å²) >= 11 is 0. The van der Waals surface area contributed by atoms with Crippen molar-refractivity contribution in [2.24, 2.45) is 0 Å². The highest BCUT2D eigenvalue weighted by Crippen LogP contribution is 2.14. The van der Waals surface area contributed by atoms with Gasteiger partial charge in [-0.05, 0) is 30.5 Å². The Hall–Kier alpha value is -0.930. The smallest absolute Gasteiger partial charge is 0.123 e. The fourth-order valence-corrected chi connectivity index (χ4v) is 2.26. The molecule has 0 saturated carbocycles. The summed E-state index contributed by atoms with van der Waals surface area (Å²) in [5.41, 5.74) is 0.637. The van der Waals surface area contributed by atoms with E-state index >= 15 is 0 Å². The summed E-state index contributed by atoms with van der Waals surface area (Å²) in [5, 5.41) is 13.5. The second-order valence-corrected chi connectivity index (χ2v) is 5.11. The maximum absolute atomic E-state index is 13.1. The summed E-state index contributed by atoms with van der Waals surface area (Å²) in [7, 11) is 0. The summed E-state index contributed by atoms with van der Waals surface area (Å²) in [4.78, 5) is 0. The molecule has 0 aliphatic rings. The van der Waals surface area contributed by atoms with Crippen LogP contribution >= 0.6 is 0 Å². The average Bonchev–Trinajstić information content (AvgIpc) is 2.41. The van der Waals surface area contributed by atoms with Crippen LogP contribution < -0.4 is 5.32 Å². The zero-order valence-corrected chi connectivity index (χ0v) is 12.0. The number of benzene rings is 1. The summed E-state index contributed by atoms with van der Waals surface area (Å²) in [6, 6.07) is 6.64. The maximum Gasteiger partial charge on any atom is 0.123 e. The molecule has 2 nitrogen and oxygen atoms in total. The quantitative estimate of drug-likeness (QED) is 0.713. The molecule has 0 amide bonds. The van der Waals surface area contributed by atoms with E-state index in [1.54, 1.807) is 12.1 Å². The minimum atomic E-state index is -0.642. The summed E-state index contributed by atoms with van der Waals surface area (Å²) < 4.78 is 13.1. The molecule has 0 fully saturated rings. The lowest BCUT2D eigenvalue weighted by molar-refractivity contribution is 0.167. The van der Waals surface area contributed by atoms with Crippen molar-refractivity contribution in [3.05, 3.63) is 35.6 Å². The zero-order valence-electron chi connectivity index (χ0n) is 12.0. The lowest BCUT2D eigenvalue weighted by atomic mass is 10.0. The lowest BCUT2D eigenvalue weighted by Gasteiger charge is -2.20. The molecule has 2 N–H and O–H groups in total. The molecule has 1 rings (SSSR count). The molecular formula is C16H26FNO. The molecule has 1 aromatic rings. The first-order chi connectivity index (χ1) is 9.17. The van der Waals surface area contributed by atoms with E-state index in [9.17, 15) is 9.50 Å². The normalized spacial score (nSPS) is 14.3. The van der Waals surface area contributed by atoms with E-state index < -0.39 is 6.10 Å². The van der Waals surface area contributed by atoms with E-state index in [4.69, 9.17) is 0 Å². The van der Waals surface area contributed by atoms with Crippen molar-refractivity contribution in [3.63, 3.8) is 0 Å². The van der Waals surface area contributed by atoms with Crippen LogP contribution in [-0.2, 0) is 0 Å². The molecular weight excluding hydrogens is 241 g/mol. The number of hydrogen-bond acceptors (Lipinski definition) is 2. The first kappa shape index (κ1) is 16.1. The van der Waals surface area contributed by atoms with Gasteiger partial charge in [0.1, 0.15) is 5.82 Å². The van der Waals surface area contributed by atoms with E-state index in [0.717, 1.165) is 19.3 Å². The van der Waals surface area contributed by atoms with Gasteiger partial charge in [-0.15, -0.1) is 0 Å². The van der Waals surface area contributed by atoms with Crippen LogP contribution in [0.5, 0.6) is 0 Å². The van der Waals surface area contributed by atoms with Crippen molar-refractivity contribution in [2.45, 2.75) is 58.1 Å². The molecule has 19 heavy (non-hydrogen) atoms. The van der Waals surface area contributed by atoms with Crippen molar-refractivity contribution >= 4 is 0 Å². The van der Waals surface area contributed by atoms with E-state index in [-0.39, 0.29) is 5.82 Å². The van der Waals surface area contributed by atoms with Gasteiger partial charge in [-0.2, -0.15) is 0 Å². The van der Waals surface area contributed by atoms with Gasteiger partial charge in [-0.1, -0.05) is 45.2 Å². The van der Waals surface area contributed by atoms with Crippen LogP contribution in [-0.4, -0.2) is 17.7 Å². The minimum absolute atomic E-state index is 0.298. The van der Waals surface area contributed by atoms with Gasteiger partial charge in [0, 0.05) is 12.6 Å². The van der Waals surface area contributed by atoms with Crippen molar-refractivity contribution in [1.29, 1.82) is 0 Å². The largest absolute Gasteiger partial charge is 0.387 e. The van der Waals surface area contributed by atoms with Gasteiger partial charge in [-0.3, -0.25) is 0 Å². The molecule has 0 spiro atoms. The Morgan fingerprint density at radius 1 is 1.21 bits per heavy atom. The van der Waals surface area contributed by atoms with Gasteiger partial charge in [0.2, 0.25) is 0 Å². The molecule has 0 saturated heterocycles. The molecule has 2 atom stereocenters. The van der Waals surface area contributed by atoms with Crippen molar-refractivity contribution < 1.29 is 9.50 Å². The van der Waals surface area contributed by atoms with Gasteiger partial charge in [0.15, 0.2) is 0 Å². The third kappa shape index (κ3) is 6.17. The number of nitrogens with one attached hydrogen (secondary N) is 1. The summed E-state index contributed by atoms with van der Waals surface area (Å²) in [6.45, 7) is 4.84. The number of unbranched alkanes of at least 4 members (excludes halogenated alkanes) is 1. The SMILES string of the molecule is CCCCC(CCC)NCC(O)c1cccc(F)c1. The third-order valence-corrected chi connectivity index (χ3v) is 3.38. The zero-order chi connectivity index (χ0) is 14.1. The number of hydrogen-bond donors (Lipinski definition) is 2. The maximum atomic E-state index is 13.1. The fourth-order valence-electron chi connectivity index (χ4n) is 2.26. The average molecular weight is 267 g/mol. The number of aliphatic hydroxyl groups excluding tert-OH is 1. The van der Waals surface area contributed by atoms with E-state index in [1.807, 2.05) is 0 Å². The van der Waals surface area contributed by atoms with E-state index in [2.05, 4.69) is 19.2 Å². The van der Waals surface area contributed by atoms with Crippen LogP contribution in [0.4, 0.5) is 4.39 Å². The number of halogens is 1. The molecule has 1 aromatic carbocycles.